The largest absolute Gasteiger partial charge is 0.386 e. The highest BCUT2D eigenvalue weighted by Gasteiger charge is 2.40. The summed E-state index contributed by atoms with van der Waals surface area (Å²) in [4.78, 5) is 5.36. The molecule has 1 heterocycles. The highest BCUT2D eigenvalue weighted by molar-refractivity contribution is 9.18. The average Bonchev–Trinajstić information content (AvgIpc) is 2.67. The highest BCUT2D eigenvalue weighted by Crippen LogP contribution is 2.44. The third-order valence-electron chi connectivity index (χ3n) is 2.73. The summed E-state index contributed by atoms with van der Waals surface area (Å²) < 4.78 is 0.953. The third kappa shape index (κ3) is 0.967. The molecule has 2 atom stereocenters. The second kappa shape index (κ2) is 2.58. The van der Waals surface area contributed by atoms with Gasteiger partial charge in [-0.15, -0.1) is 0 Å². The van der Waals surface area contributed by atoms with Crippen molar-refractivity contribution in [2.75, 3.05) is 0 Å². The number of benzene rings is 1. The van der Waals surface area contributed by atoms with Gasteiger partial charge in [-0.2, -0.15) is 0 Å². The van der Waals surface area contributed by atoms with Gasteiger partial charge in [-0.05, 0) is 33.5 Å². The number of hydrogen-bond acceptors (Lipinski definition) is 2. The molecule has 2 nitrogen and oxygen atoms in total. The fourth-order valence-corrected chi connectivity index (χ4v) is 2.56. The van der Waals surface area contributed by atoms with Gasteiger partial charge in [0.2, 0.25) is 0 Å². The number of halogens is 1. The fraction of sp³-hybridized carbons (Fsp3) is 0.300. The van der Waals surface area contributed by atoms with Crippen molar-refractivity contribution in [2.24, 2.45) is 11.1 Å². The van der Waals surface area contributed by atoms with E-state index in [1.54, 1.807) is 0 Å². The molecule has 2 aliphatic rings. The van der Waals surface area contributed by atoms with Crippen molar-refractivity contribution < 1.29 is 4.84 Å². The predicted octanol–water partition coefficient (Wildman–Crippen LogP) is 2.64. The molecule has 3 heteroatoms. The first-order valence-corrected chi connectivity index (χ1v) is 5.12. The van der Waals surface area contributed by atoms with Crippen molar-refractivity contribution in [1.29, 1.82) is 0 Å². The maximum absolute atomic E-state index is 5.36. The smallest absolute Gasteiger partial charge is 0.162 e. The summed E-state index contributed by atoms with van der Waals surface area (Å²) in [5, 5.41) is 3.95. The first kappa shape index (κ1) is 7.56. The highest BCUT2D eigenvalue weighted by atomic mass is 79.9. The Labute approximate surface area is 84.7 Å². The molecular weight excluding hydrogens is 230 g/mol. The molecule has 0 saturated carbocycles. The monoisotopic (exact) mass is 237 g/mol. The normalized spacial score (nSPS) is 29.2. The van der Waals surface area contributed by atoms with Gasteiger partial charge < -0.3 is 4.84 Å². The SMILES string of the molecule is BrC1=NOC2c3ccccc3CC12. The van der Waals surface area contributed by atoms with E-state index in [9.17, 15) is 0 Å². The minimum Gasteiger partial charge on any atom is -0.386 e. The van der Waals surface area contributed by atoms with E-state index >= 15 is 0 Å². The Morgan fingerprint density at radius 3 is 3.15 bits per heavy atom. The summed E-state index contributed by atoms with van der Waals surface area (Å²) in [7, 11) is 0. The van der Waals surface area contributed by atoms with Crippen LogP contribution in [0.4, 0.5) is 0 Å². The summed E-state index contributed by atoms with van der Waals surface area (Å²) >= 11 is 3.43. The van der Waals surface area contributed by atoms with Gasteiger partial charge in [-0.1, -0.05) is 29.4 Å². The molecule has 2 unspecified atom stereocenters. The fourth-order valence-electron chi connectivity index (χ4n) is 2.07. The van der Waals surface area contributed by atoms with Gasteiger partial charge in [0.05, 0.1) is 5.92 Å². The molecule has 0 N–H and O–H groups in total. The van der Waals surface area contributed by atoms with Gasteiger partial charge >= 0.3 is 0 Å². The van der Waals surface area contributed by atoms with Crippen molar-refractivity contribution in [1.82, 2.24) is 0 Å². The third-order valence-corrected chi connectivity index (χ3v) is 3.46. The Bertz CT molecular complexity index is 388. The van der Waals surface area contributed by atoms with Crippen LogP contribution in [-0.2, 0) is 11.3 Å². The zero-order valence-electron chi connectivity index (χ0n) is 6.90. The summed E-state index contributed by atoms with van der Waals surface area (Å²) in [6.45, 7) is 0. The molecular formula is C10H8BrNO. The van der Waals surface area contributed by atoms with E-state index in [-0.39, 0.29) is 6.10 Å². The van der Waals surface area contributed by atoms with Crippen LogP contribution in [0.25, 0.3) is 0 Å². The molecule has 13 heavy (non-hydrogen) atoms. The molecule has 0 spiro atoms. The van der Waals surface area contributed by atoms with Crippen molar-refractivity contribution in [3.63, 3.8) is 0 Å². The Morgan fingerprint density at radius 1 is 1.38 bits per heavy atom. The van der Waals surface area contributed by atoms with Crippen LogP contribution in [-0.4, -0.2) is 4.62 Å². The number of fused-ring (bicyclic) bond motifs is 3. The van der Waals surface area contributed by atoms with Crippen LogP contribution in [0.1, 0.15) is 17.2 Å². The molecule has 0 aromatic heterocycles. The minimum absolute atomic E-state index is 0.158. The molecule has 0 saturated heterocycles. The molecule has 66 valence electrons. The first-order valence-electron chi connectivity index (χ1n) is 4.33. The second-order valence-corrected chi connectivity index (χ2v) is 4.26. The lowest BCUT2D eigenvalue weighted by molar-refractivity contribution is 0.0697. The van der Waals surface area contributed by atoms with E-state index < -0.39 is 0 Å². The van der Waals surface area contributed by atoms with Crippen LogP contribution >= 0.6 is 15.9 Å². The van der Waals surface area contributed by atoms with E-state index in [1.807, 2.05) is 0 Å². The van der Waals surface area contributed by atoms with Gasteiger partial charge in [-0.25, -0.2) is 0 Å². The quantitative estimate of drug-likeness (QED) is 0.680. The number of hydrogen-bond donors (Lipinski definition) is 0. The Hall–Kier alpha value is -0.830. The van der Waals surface area contributed by atoms with Crippen LogP contribution in [0.5, 0.6) is 0 Å². The van der Waals surface area contributed by atoms with Crippen molar-refractivity contribution in [3.05, 3.63) is 35.4 Å². The van der Waals surface area contributed by atoms with E-state index in [1.165, 1.54) is 11.1 Å². The summed E-state index contributed by atoms with van der Waals surface area (Å²) in [5.41, 5.74) is 2.69. The van der Waals surface area contributed by atoms with Gasteiger partial charge in [0.1, 0.15) is 4.62 Å². The van der Waals surface area contributed by atoms with Crippen molar-refractivity contribution >= 4 is 20.6 Å². The zero-order chi connectivity index (χ0) is 8.84. The average molecular weight is 238 g/mol. The molecule has 0 bridgehead atoms. The van der Waals surface area contributed by atoms with Crippen molar-refractivity contribution in [3.8, 4) is 0 Å². The molecule has 0 fully saturated rings. The second-order valence-electron chi connectivity index (χ2n) is 3.45. The maximum atomic E-state index is 5.36. The Kier molecular flexibility index (Phi) is 1.50. The number of oxime groups is 1. The molecule has 0 radical (unpaired) electrons. The van der Waals surface area contributed by atoms with Gasteiger partial charge in [0, 0.05) is 0 Å². The first-order chi connectivity index (χ1) is 6.36. The van der Waals surface area contributed by atoms with Crippen LogP contribution in [0.3, 0.4) is 0 Å². The molecule has 1 aliphatic carbocycles. The number of nitrogens with zero attached hydrogens (tertiary/aromatic N) is 1. The minimum atomic E-state index is 0.158. The lowest BCUT2D eigenvalue weighted by atomic mass is 10.1. The van der Waals surface area contributed by atoms with Crippen LogP contribution in [0.15, 0.2) is 29.4 Å². The van der Waals surface area contributed by atoms with Gasteiger partial charge in [0.15, 0.2) is 6.10 Å². The van der Waals surface area contributed by atoms with E-state index in [0.29, 0.717) is 5.92 Å². The van der Waals surface area contributed by atoms with E-state index in [2.05, 4.69) is 45.4 Å². The summed E-state index contributed by atoms with van der Waals surface area (Å²) in [6.07, 6.45) is 1.20. The molecule has 0 amide bonds. The van der Waals surface area contributed by atoms with Crippen LogP contribution in [0, 0.1) is 5.92 Å². The zero-order valence-corrected chi connectivity index (χ0v) is 8.49. The summed E-state index contributed by atoms with van der Waals surface area (Å²) in [6, 6.07) is 8.42. The lowest BCUT2D eigenvalue weighted by Crippen LogP contribution is -2.07. The van der Waals surface area contributed by atoms with Crippen LogP contribution in [0.2, 0.25) is 0 Å². The van der Waals surface area contributed by atoms with E-state index in [4.69, 9.17) is 4.84 Å². The molecule has 1 aromatic rings. The van der Waals surface area contributed by atoms with E-state index in [0.717, 1.165) is 11.0 Å². The van der Waals surface area contributed by atoms with Gasteiger partial charge in [-0.3, -0.25) is 0 Å². The Morgan fingerprint density at radius 2 is 2.23 bits per heavy atom. The molecule has 1 aliphatic heterocycles. The lowest BCUT2D eigenvalue weighted by Gasteiger charge is -2.06. The molecule has 3 rings (SSSR count). The van der Waals surface area contributed by atoms with Crippen molar-refractivity contribution in [2.45, 2.75) is 12.5 Å². The topological polar surface area (TPSA) is 21.6 Å². The Balaban J connectivity index is 2.08. The van der Waals surface area contributed by atoms with Gasteiger partial charge in [0.25, 0.3) is 0 Å². The molecule has 1 aromatic carbocycles. The maximum Gasteiger partial charge on any atom is 0.162 e. The van der Waals surface area contributed by atoms with Crippen LogP contribution < -0.4 is 0 Å². The standard InChI is InChI=1S/C10H8BrNO/c11-10-8-5-6-3-1-2-4-7(6)9(8)13-12-10/h1-4,8-9H,5H2. The number of rotatable bonds is 0. The predicted molar refractivity (Wildman–Crippen MR) is 53.8 cm³/mol. The summed E-state index contributed by atoms with van der Waals surface area (Å²) in [5.74, 6) is 0.414.